The lowest BCUT2D eigenvalue weighted by atomic mass is 10.2. The maximum Gasteiger partial charge on any atom is 0.337 e. The Morgan fingerprint density at radius 2 is 2.16 bits per heavy atom. The number of nitrogens with zero attached hydrogens (tertiary/aromatic N) is 1. The summed E-state index contributed by atoms with van der Waals surface area (Å²) in [5.74, 6) is -0.734. The molecule has 0 bridgehead atoms. The summed E-state index contributed by atoms with van der Waals surface area (Å²) in [6.45, 7) is 0. The number of aromatic nitrogens is 1. The Morgan fingerprint density at radius 3 is 2.84 bits per heavy atom. The van der Waals surface area contributed by atoms with Crippen LogP contribution in [0.3, 0.4) is 0 Å². The van der Waals surface area contributed by atoms with Crippen LogP contribution in [-0.4, -0.2) is 16.1 Å². The average Bonchev–Trinajstić information content (AvgIpc) is 2.36. The molecule has 1 heterocycles. The molecule has 0 saturated carbocycles. The van der Waals surface area contributed by atoms with E-state index in [1.165, 1.54) is 12.3 Å². The Hall–Kier alpha value is -1.79. The van der Waals surface area contributed by atoms with Gasteiger partial charge in [-0.1, -0.05) is 11.6 Å². The van der Waals surface area contributed by atoms with Gasteiger partial charge in [0.05, 0.1) is 23.1 Å². The predicted octanol–water partition coefficient (Wildman–Crippen LogP) is 3.52. The summed E-state index contributed by atoms with van der Waals surface area (Å²) < 4.78 is 0.785. The number of carbonyl (C=O) groups is 1. The molecule has 0 spiro atoms. The number of anilines is 3. The molecule has 1 aromatic heterocycles. The SMILES string of the molecule is Nc1cnc(Nc2cc(Cl)ccc2Br)cc1C(=O)O. The van der Waals surface area contributed by atoms with Crippen molar-refractivity contribution in [2.24, 2.45) is 0 Å². The first-order valence-electron chi connectivity index (χ1n) is 5.18. The van der Waals surface area contributed by atoms with Gasteiger partial charge < -0.3 is 16.2 Å². The lowest BCUT2D eigenvalue weighted by Crippen LogP contribution is -2.05. The Morgan fingerprint density at radius 1 is 1.42 bits per heavy atom. The molecule has 5 nitrogen and oxygen atoms in total. The number of benzene rings is 1. The highest BCUT2D eigenvalue weighted by atomic mass is 79.9. The normalized spacial score (nSPS) is 10.2. The fourth-order valence-corrected chi connectivity index (χ4v) is 1.97. The monoisotopic (exact) mass is 341 g/mol. The second-order valence-electron chi connectivity index (χ2n) is 3.71. The van der Waals surface area contributed by atoms with Gasteiger partial charge >= 0.3 is 5.97 Å². The topological polar surface area (TPSA) is 88.2 Å². The van der Waals surface area contributed by atoms with Crippen LogP contribution in [-0.2, 0) is 0 Å². The minimum Gasteiger partial charge on any atom is -0.478 e. The molecule has 19 heavy (non-hydrogen) atoms. The first-order valence-corrected chi connectivity index (χ1v) is 6.35. The second kappa shape index (κ2) is 5.46. The number of rotatable bonds is 3. The van der Waals surface area contributed by atoms with Crippen LogP contribution >= 0.6 is 27.5 Å². The summed E-state index contributed by atoms with van der Waals surface area (Å²) in [5, 5.41) is 12.5. The van der Waals surface area contributed by atoms with Crippen LogP contribution in [0, 0.1) is 0 Å². The molecule has 0 aliphatic carbocycles. The Balaban J connectivity index is 2.36. The van der Waals surface area contributed by atoms with Gasteiger partial charge in [0.1, 0.15) is 5.82 Å². The molecule has 0 aliphatic heterocycles. The van der Waals surface area contributed by atoms with Gasteiger partial charge in [-0.15, -0.1) is 0 Å². The molecule has 7 heteroatoms. The Labute approximate surface area is 122 Å². The Bertz CT molecular complexity index is 649. The van der Waals surface area contributed by atoms with Crippen LogP contribution in [0.15, 0.2) is 34.9 Å². The molecule has 0 atom stereocenters. The van der Waals surface area contributed by atoms with Crippen molar-refractivity contribution in [2.75, 3.05) is 11.1 Å². The van der Waals surface area contributed by atoms with Crippen molar-refractivity contribution in [3.8, 4) is 0 Å². The van der Waals surface area contributed by atoms with E-state index in [1.54, 1.807) is 18.2 Å². The van der Waals surface area contributed by atoms with E-state index < -0.39 is 5.97 Å². The van der Waals surface area contributed by atoms with Gasteiger partial charge in [0.25, 0.3) is 0 Å². The molecule has 0 fully saturated rings. The van der Waals surface area contributed by atoms with Gasteiger partial charge in [-0.25, -0.2) is 9.78 Å². The molecular formula is C12H9BrClN3O2. The molecule has 0 aliphatic rings. The largest absolute Gasteiger partial charge is 0.478 e. The summed E-state index contributed by atoms with van der Waals surface area (Å²) >= 11 is 9.25. The number of carboxylic acids is 1. The van der Waals surface area contributed by atoms with Crippen molar-refractivity contribution in [3.63, 3.8) is 0 Å². The molecule has 98 valence electrons. The van der Waals surface area contributed by atoms with Gasteiger partial charge in [-0.3, -0.25) is 0 Å². The zero-order valence-corrected chi connectivity index (χ0v) is 11.9. The van der Waals surface area contributed by atoms with E-state index in [1.807, 2.05) is 0 Å². The minimum atomic E-state index is -1.10. The molecule has 2 aromatic rings. The van der Waals surface area contributed by atoms with Gasteiger partial charge in [0.15, 0.2) is 0 Å². The highest BCUT2D eigenvalue weighted by molar-refractivity contribution is 9.10. The van der Waals surface area contributed by atoms with Crippen LogP contribution in [0.4, 0.5) is 17.2 Å². The van der Waals surface area contributed by atoms with Crippen molar-refractivity contribution in [2.45, 2.75) is 0 Å². The van der Waals surface area contributed by atoms with E-state index in [4.69, 9.17) is 22.4 Å². The number of pyridine rings is 1. The molecule has 1 aromatic carbocycles. The smallest absolute Gasteiger partial charge is 0.337 e. The highest BCUT2D eigenvalue weighted by Crippen LogP contribution is 2.28. The van der Waals surface area contributed by atoms with E-state index in [0.717, 1.165) is 4.47 Å². The number of hydrogen-bond donors (Lipinski definition) is 3. The van der Waals surface area contributed by atoms with Crippen molar-refractivity contribution >= 4 is 50.7 Å². The quantitative estimate of drug-likeness (QED) is 0.794. The summed E-state index contributed by atoms with van der Waals surface area (Å²) in [4.78, 5) is 15.0. The predicted molar refractivity (Wildman–Crippen MR) is 78.0 cm³/mol. The highest BCUT2D eigenvalue weighted by Gasteiger charge is 2.10. The van der Waals surface area contributed by atoms with Crippen LogP contribution in [0.1, 0.15) is 10.4 Å². The molecule has 0 radical (unpaired) electrons. The van der Waals surface area contributed by atoms with Crippen molar-refractivity contribution in [1.29, 1.82) is 0 Å². The number of nitrogens with one attached hydrogen (secondary N) is 1. The van der Waals surface area contributed by atoms with Crippen LogP contribution in [0.5, 0.6) is 0 Å². The minimum absolute atomic E-state index is 0.00403. The third-order valence-electron chi connectivity index (χ3n) is 2.36. The van der Waals surface area contributed by atoms with E-state index in [-0.39, 0.29) is 11.3 Å². The van der Waals surface area contributed by atoms with Crippen LogP contribution in [0.2, 0.25) is 5.02 Å². The summed E-state index contributed by atoms with van der Waals surface area (Å²) in [6.07, 6.45) is 1.30. The van der Waals surface area contributed by atoms with E-state index in [2.05, 4.69) is 26.2 Å². The number of nitrogens with two attached hydrogens (primary N) is 1. The van der Waals surface area contributed by atoms with E-state index in [0.29, 0.717) is 16.5 Å². The zero-order valence-electron chi connectivity index (χ0n) is 9.52. The average molecular weight is 343 g/mol. The fraction of sp³-hybridized carbons (Fsp3) is 0. The lowest BCUT2D eigenvalue weighted by Gasteiger charge is -2.09. The van der Waals surface area contributed by atoms with Crippen molar-refractivity contribution in [3.05, 3.63) is 45.5 Å². The van der Waals surface area contributed by atoms with Gasteiger partial charge in [0, 0.05) is 9.50 Å². The Kier molecular flexibility index (Phi) is 3.92. The third-order valence-corrected chi connectivity index (χ3v) is 3.28. The summed E-state index contributed by atoms with van der Waals surface area (Å²) in [6, 6.07) is 6.57. The standard InChI is InChI=1S/C12H9BrClN3O2/c13-8-2-1-6(14)3-10(8)17-11-4-7(12(18)19)9(15)5-16-11/h1-5H,15H2,(H,16,17)(H,18,19). The fourth-order valence-electron chi connectivity index (χ4n) is 1.45. The first-order chi connectivity index (χ1) is 8.97. The number of halogens is 2. The first kappa shape index (κ1) is 13.6. The van der Waals surface area contributed by atoms with E-state index >= 15 is 0 Å². The van der Waals surface area contributed by atoms with Crippen LogP contribution in [0.25, 0.3) is 0 Å². The second-order valence-corrected chi connectivity index (χ2v) is 5.00. The zero-order chi connectivity index (χ0) is 14.0. The van der Waals surface area contributed by atoms with E-state index in [9.17, 15) is 4.79 Å². The molecular weight excluding hydrogens is 334 g/mol. The number of carboxylic acid groups (broad SMARTS) is 1. The summed E-state index contributed by atoms with van der Waals surface area (Å²) in [5.41, 5.74) is 6.33. The maximum absolute atomic E-state index is 11.0. The van der Waals surface area contributed by atoms with Gasteiger partial charge in [-0.05, 0) is 40.2 Å². The van der Waals surface area contributed by atoms with Crippen molar-refractivity contribution < 1.29 is 9.90 Å². The van der Waals surface area contributed by atoms with Gasteiger partial charge in [0.2, 0.25) is 0 Å². The van der Waals surface area contributed by atoms with Gasteiger partial charge in [-0.2, -0.15) is 0 Å². The number of hydrogen-bond acceptors (Lipinski definition) is 4. The number of nitrogen functional groups attached to an aromatic ring is 1. The number of aromatic carboxylic acids is 1. The molecule has 2 rings (SSSR count). The maximum atomic E-state index is 11.0. The molecule has 0 saturated heterocycles. The lowest BCUT2D eigenvalue weighted by molar-refractivity contribution is 0.0698. The summed E-state index contributed by atoms with van der Waals surface area (Å²) in [7, 11) is 0. The third kappa shape index (κ3) is 3.15. The van der Waals surface area contributed by atoms with Crippen molar-refractivity contribution in [1.82, 2.24) is 4.98 Å². The molecule has 0 unspecified atom stereocenters. The van der Waals surface area contributed by atoms with Crippen LogP contribution < -0.4 is 11.1 Å². The molecule has 4 N–H and O–H groups in total. The molecule has 0 amide bonds.